The first-order valence-electron chi connectivity index (χ1n) is 6.87. The molecule has 0 aliphatic carbocycles. The largest absolute Gasteiger partial charge is 0.434 e. The van der Waals surface area contributed by atoms with Crippen molar-refractivity contribution in [3.05, 3.63) is 35.5 Å². The van der Waals surface area contributed by atoms with E-state index in [4.69, 9.17) is 16.3 Å². The van der Waals surface area contributed by atoms with E-state index < -0.39 is 0 Å². The summed E-state index contributed by atoms with van der Waals surface area (Å²) in [6, 6.07) is 9.73. The van der Waals surface area contributed by atoms with Crippen LogP contribution in [0.4, 0.5) is 11.4 Å². The predicted molar refractivity (Wildman–Crippen MR) is 98.2 cm³/mol. The van der Waals surface area contributed by atoms with Gasteiger partial charge in [-0.2, -0.15) is 0 Å². The zero-order valence-corrected chi connectivity index (χ0v) is 15.3. The van der Waals surface area contributed by atoms with Crippen molar-refractivity contribution in [2.75, 3.05) is 32.1 Å². The van der Waals surface area contributed by atoms with Crippen molar-refractivity contribution in [1.29, 1.82) is 0 Å². The van der Waals surface area contributed by atoms with Crippen LogP contribution in [0.2, 0.25) is 5.15 Å². The SMILES string of the molecule is CN(C)CCCN1c2ccccc2Oc2nnc(Cl)cc21.Cl.Cl. The van der Waals surface area contributed by atoms with E-state index in [9.17, 15) is 0 Å². The van der Waals surface area contributed by atoms with E-state index in [-0.39, 0.29) is 24.8 Å². The van der Waals surface area contributed by atoms with Crippen molar-refractivity contribution in [1.82, 2.24) is 15.1 Å². The molecule has 0 atom stereocenters. The molecule has 2 aromatic rings. The molecule has 5 nitrogen and oxygen atoms in total. The van der Waals surface area contributed by atoms with E-state index in [1.165, 1.54) is 0 Å². The zero-order valence-electron chi connectivity index (χ0n) is 12.9. The van der Waals surface area contributed by atoms with Crippen molar-refractivity contribution >= 4 is 47.8 Å². The summed E-state index contributed by atoms with van der Waals surface area (Å²) in [5.41, 5.74) is 1.90. The molecule has 0 saturated heterocycles. The van der Waals surface area contributed by atoms with Crippen LogP contribution in [-0.4, -0.2) is 42.3 Å². The average molecular weight is 378 g/mol. The van der Waals surface area contributed by atoms with Gasteiger partial charge in [-0.05, 0) is 39.2 Å². The number of ether oxygens (including phenoxy) is 1. The fourth-order valence-electron chi connectivity index (χ4n) is 2.40. The maximum Gasteiger partial charge on any atom is 0.263 e. The number of aromatic nitrogens is 2. The Morgan fingerprint density at radius 2 is 1.87 bits per heavy atom. The maximum atomic E-state index is 5.99. The highest BCUT2D eigenvalue weighted by Gasteiger charge is 2.25. The first-order chi connectivity index (χ1) is 10.1. The smallest absolute Gasteiger partial charge is 0.263 e. The Kier molecular flexibility index (Phi) is 7.35. The number of halogens is 3. The van der Waals surface area contributed by atoms with E-state index in [1.807, 2.05) is 24.3 Å². The Balaban J connectivity index is 0.00000132. The number of hydrogen-bond donors (Lipinski definition) is 0. The molecule has 0 fully saturated rings. The number of benzene rings is 1. The lowest BCUT2D eigenvalue weighted by atomic mass is 10.2. The number of para-hydroxylation sites is 2. The summed E-state index contributed by atoms with van der Waals surface area (Å²) < 4.78 is 5.81. The van der Waals surface area contributed by atoms with Crippen molar-refractivity contribution in [3.63, 3.8) is 0 Å². The minimum atomic E-state index is 0. The summed E-state index contributed by atoms with van der Waals surface area (Å²) in [6.45, 7) is 1.88. The lowest BCUT2D eigenvalue weighted by molar-refractivity contribution is 0.399. The van der Waals surface area contributed by atoms with Crippen molar-refractivity contribution in [2.45, 2.75) is 6.42 Å². The van der Waals surface area contributed by atoms with Gasteiger partial charge in [-0.3, -0.25) is 0 Å². The second kappa shape index (κ2) is 8.55. The summed E-state index contributed by atoms with van der Waals surface area (Å²) in [6.07, 6.45) is 1.03. The van der Waals surface area contributed by atoms with E-state index in [1.54, 1.807) is 6.07 Å². The van der Waals surface area contributed by atoms with Gasteiger partial charge in [0.25, 0.3) is 5.88 Å². The van der Waals surface area contributed by atoms with Gasteiger partial charge in [0.2, 0.25) is 0 Å². The fraction of sp³-hybridized carbons (Fsp3) is 0.333. The van der Waals surface area contributed by atoms with Crippen LogP contribution >= 0.6 is 36.4 Å². The van der Waals surface area contributed by atoms with Gasteiger partial charge in [0.1, 0.15) is 5.69 Å². The standard InChI is InChI=1S/C15H17ClN4O.2ClH/c1-19(2)8-5-9-20-11-6-3-4-7-13(11)21-15-12(20)10-14(16)17-18-15;;/h3-4,6-7,10H,5,8-9H2,1-2H3;2*1H. The van der Waals surface area contributed by atoms with Crippen LogP contribution in [-0.2, 0) is 0 Å². The summed E-state index contributed by atoms with van der Waals surface area (Å²) in [7, 11) is 4.15. The highest BCUT2D eigenvalue weighted by Crippen LogP contribution is 2.45. The van der Waals surface area contributed by atoms with Gasteiger partial charge >= 0.3 is 0 Å². The monoisotopic (exact) mass is 376 g/mol. The number of fused-ring (bicyclic) bond motifs is 2. The molecule has 0 amide bonds. The van der Waals surface area contributed by atoms with Gasteiger partial charge in [-0.15, -0.1) is 35.0 Å². The first kappa shape index (κ1) is 19.8. The third-order valence-electron chi connectivity index (χ3n) is 3.35. The van der Waals surface area contributed by atoms with Gasteiger partial charge in [0.15, 0.2) is 10.9 Å². The number of hydrogen-bond acceptors (Lipinski definition) is 5. The minimum absolute atomic E-state index is 0. The minimum Gasteiger partial charge on any atom is -0.434 e. The predicted octanol–water partition coefficient (Wildman–Crippen LogP) is 4.17. The maximum absolute atomic E-state index is 5.99. The van der Waals surface area contributed by atoms with Crippen LogP contribution in [0.25, 0.3) is 0 Å². The van der Waals surface area contributed by atoms with Crippen molar-refractivity contribution in [2.24, 2.45) is 0 Å². The molecular formula is C15H19Cl3N4O. The molecule has 1 aromatic heterocycles. The van der Waals surface area contributed by atoms with Gasteiger partial charge in [0.05, 0.1) is 5.69 Å². The van der Waals surface area contributed by atoms with Crippen LogP contribution in [0.3, 0.4) is 0 Å². The number of nitrogens with zero attached hydrogens (tertiary/aromatic N) is 4. The second-order valence-electron chi connectivity index (χ2n) is 5.24. The molecule has 0 spiro atoms. The first-order valence-corrected chi connectivity index (χ1v) is 7.25. The Morgan fingerprint density at radius 1 is 1.13 bits per heavy atom. The average Bonchev–Trinajstić information content (AvgIpc) is 2.46. The summed E-state index contributed by atoms with van der Waals surface area (Å²) >= 11 is 5.99. The van der Waals surface area contributed by atoms with Crippen LogP contribution in [0, 0.1) is 0 Å². The molecule has 23 heavy (non-hydrogen) atoms. The summed E-state index contributed by atoms with van der Waals surface area (Å²) in [5, 5.41) is 8.29. The molecule has 126 valence electrons. The van der Waals surface area contributed by atoms with Crippen molar-refractivity contribution < 1.29 is 4.74 Å². The van der Waals surface area contributed by atoms with E-state index >= 15 is 0 Å². The molecule has 0 saturated carbocycles. The molecule has 1 aliphatic heterocycles. The summed E-state index contributed by atoms with van der Waals surface area (Å²) in [4.78, 5) is 4.36. The molecule has 0 N–H and O–H groups in total. The second-order valence-corrected chi connectivity index (χ2v) is 5.62. The van der Waals surface area contributed by atoms with Crippen LogP contribution in [0.15, 0.2) is 30.3 Å². The molecule has 0 unspecified atom stereocenters. The fourth-order valence-corrected chi connectivity index (χ4v) is 2.54. The topological polar surface area (TPSA) is 41.5 Å². The highest BCUT2D eigenvalue weighted by molar-refractivity contribution is 6.29. The third kappa shape index (κ3) is 4.38. The van der Waals surface area contributed by atoms with E-state index in [0.717, 1.165) is 36.6 Å². The molecular weight excluding hydrogens is 359 g/mol. The molecule has 3 rings (SSSR count). The molecule has 2 heterocycles. The zero-order chi connectivity index (χ0) is 14.8. The van der Waals surface area contributed by atoms with Gasteiger partial charge < -0.3 is 14.5 Å². The molecule has 0 radical (unpaired) electrons. The Labute approximate surface area is 153 Å². The Morgan fingerprint density at radius 3 is 2.61 bits per heavy atom. The van der Waals surface area contributed by atoms with Gasteiger partial charge in [-0.25, -0.2) is 0 Å². The summed E-state index contributed by atoms with van der Waals surface area (Å²) in [5.74, 6) is 1.30. The number of anilines is 2. The van der Waals surface area contributed by atoms with E-state index in [0.29, 0.717) is 11.0 Å². The molecule has 1 aliphatic rings. The lowest BCUT2D eigenvalue weighted by Gasteiger charge is -2.31. The molecule has 1 aromatic carbocycles. The van der Waals surface area contributed by atoms with Gasteiger partial charge in [-0.1, -0.05) is 23.7 Å². The Bertz CT molecular complexity index is 654. The molecule has 8 heteroatoms. The third-order valence-corrected chi connectivity index (χ3v) is 3.54. The van der Waals surface area contributed by atoms with Crippen LogP contribution in [0.1, 0.15) is 6.42 Å². The highest BCUT2D eigenvalue weighted by atomic mass is 35.5. The van der Waals surface area contributed by atoms with Gasteiger partial charge in [0, 0.05) is 12.6 Å². The number of rotatable bonds is 4. The van der Waals surface area contributed by atoms with Crippen LogP contribution < -0.4 is 9.64 Å². The van der Waals surface area contributed by atoms with Crippen LogP contribution in [0.5, 0.6) is 11.6 Å². The quantitative estimate of drug-likeness (QED) is 0.800. The molecule has 0 bridgehead atoms. The Hall–Kier alpha value is -1.27. The van der Waals surface area contributed by atoms with Crippen molar-refractivity contribution in [3.8, 4) is 11.6 Å². The van der Waals surface area contributed by atoms with E-state index in [2.05, 4.69) is 34.1 Å². The normalized spacial score (nSPS) is 11.7. The lowest BCUT2D eigenvalue weighted by Crippen LogP contribution is -2.26.